The summed E-state index contributed by atoms with van der Waals surface area (Å²) in [5.41, 5.74) is 1.86. The number of likely N-dealkylation sites (tertiary alicyclic amines) is 1. The number of aryl methyl sites for hydroxylation is 1. The Kier molecular flexibility index (Phi) is 4.66. The smallest absolute Gasteiger partial charge is 0.255 e. The molecule has 2 aromatic heterocycles. The SMILES string of the molecule is COc1ccc(C(=O)N2CCCC(Cn3c(C)cnc3C3CC3)C2)cn1. The fourth-order valence-corrected chi connectivity index (χ4v) is 3.85. The highest BCUT2D eigenvalue weighted by Gasteiger charge is 2.31. The first-order chi connectivity index (χ1) is 12.7. The molecular weight excluding hydrogens is 328 g/mol. The Labute approximate surface area is 154 Å². The maximum absolute atomic E-state index is 12.8. The van der Waals surface area contributed by atoms with Crippen molar-refractivity contribution in [2.45, 2.75) is 45.1 Å². The minimum atomic E-state index is 0.0645. The molecule has 2 aliphatic rings. The highest BCUT2D eigenvalue weighted by atomic mass is 16.5. The minimum Gasteiger partial charge on any atom is -0.481 e. The van der Waals surface area contributed by atoms with Crippen LogP contribution < -0.4 is 4.74 Å². The quantitative estimate of drug-likeness (QED) is 0.828. The Bertz CT molecular complexity index is 780. The fraction of sp³-hybridized carbons (Fsp3) is 0.550. The van der Waals surface area contributed by atoms with E-state index in [1.807, 2.05) is 11.1 Å². The van der Waals surface area contributed by atoms with Gasteiger partial charge in [-0.3, -0.25) is 4.79 Å². The molecule has 6 nitrogen and oxygen atoms in total. The summed E-state index contributed by atoms with van der Waals surface area (Å²) in [6, 6.07) is 3.54. The molecule has 0 aromatic carbocycles. The van der Waals surface area contributed by atoms with Crippen LogP contribution in [0, 0.1) is 12.8 Å². The van der Waals surface area contributed by atoms with Crippen LogP contribution in [0.1, 0.15) is 53.5 Å². The van der Waals surface area contributed by atoms with Gasteiger partial charge < -0.3 is 14.2 Å². The van der Waals surface area contributed by atoms with Gasteiger partial charge in [0.2, 0.25) is 5.88 Å². The number of imidazole rings is 1. The lowest BCUT2D eigenvalue weighted by atomic mass is 9.97. The van der Waals surface area contributed by atoms with Crippen molar-refractivity contribution in [3.05, 3.63) is 41.6 Å². The number of nitrogens with zero attached hydrogens (tertiary/aromatic N) is 4. The van der Waals surface area contributed by atoms with Crippen LogP contribution in [0.15, 0.2) is 24.5 Å². The monoisotopic (exact) mass is 354 g/mol. The molecule has 1 unspecified atom stereocenters. The molecule has 1 amide bonds. The number of carbonyl (C=O) groups excluding carboxylic acids is 1. The predicted octanol–water partition coefficient (Wildman–Crippen LogP) is 3.02. The zero-order valence-electron chi connectivity index (χ0n) is 15.5. The van der Waals surface area contributed by atoms with E-state index >= 15 is 0 Å². The molecule has 1 aliphatic carbocycles. The Morgan fingerprint density at radius 2 is 2.08 bits per heavy atom. The number of pyridine rings is 1. The first kappa shape index (κ1) is 17.1. The molecule has 1 aliphatic heterocycles. The van der Waals surface area contributed by atoms with Crippen molar-refractivity contribution in [2.75, 3.05) is 20.2 Å². The van der Waals surface area contributed by atoms with Gasteiger partial charge in [-0.05, 0) is 44.6 Å². The zero-order valence-corrected chi connectivity index (χ0v) is 15.5. The highest BCUT2D eigenvalue weighted by molar-refractivity contribution is 5.94. The van der Waals surface area contributed by atoms with Gasteiger partial charge in [0.25, 0.3) is 5.91 Å². The molecule has 6 heteroatoms. The highest BCUT2D eigenvalue weighted by Crippen LogP contribution is 2.40. The Hall–Kier alpha value is -2.37. The summed E-state index contributed by atoms with van der Waals surface area (Å²) in [5.74, 6) is 2.96. The van der Waals surface area contributed by atoms with E-state index in [2.05, 4.69) is 21.5 Å². The molecule has 1 saturated heterocycles. The molecule has 4 rings (SSSR count). The Balaban J connectivity index is 1.44. The average Bonchev–Trinajstić information content (AvgIpc) is 3.46. The van der Waals surface area contributed by atoms with Crippen molar-refractivity contribution >= 4 is 5.91 Å². The van der Waals surface area contributed by atoms with E-state index in [0.717, 1.165) is 32.5 Å². The van der Waals surface area contributed by atoms with Crippen molar-refractivity contribution in [1.29, 1.82) is 0 Å². The number of rotatable bonds is 5. The zero-order chi connectivity index (χ0) is 18.1. The average molecular weight is 354 g/mol. The topological polar surface area (TPSA) is 60.2 Å². The normalized spacial score (nSPS) is 20.2. The maximum atomic E-state index is 12.8. The second-order valence-electron chi connectivity index (χ2n) is 7.49. The summed E-state index contributed by atoms with van der Waals surface area (Å²) in [5, 5.41) is 0. The molecule has 2 aromatic rings. The molecule has 0 radical (unpaired) electrons. The molecule has 0 bridgehead atoms. The van der Waals surface area contributed by atoms with E-state index in [1.165, 1.54) is 24.4 Å². The third-order valence-electron chi connectivity index (χ3n) is 5.47. The predicted molar refractivity (Wildman–Crippen MR) is 98.4 cm³/mol. The molecule has 3 heterocycles. The van der Waals surface area contributed by atoms with Crippen molar-refractivity contribution in [1.82, 2.24) is 19.4 Å². The van der Waals surface area contributed by atoms with Gasteiger partial charge in [-0.15, -0.1) is 0 Å². The van der Waals surface area contributed by atoms with Crippen LogP contribution in [0.5, 0.6) is 5.88 Å². The van der Waals surface area contributed by atoms with Crippen molar-refractivity contribution in [3.8, 4) is 5.88 Å². The van der Waals surface area contributed by atoms with Crippen LogP contribution in [-0.2, 0) is 6.54 Å². The summed E-state index contributed by atoms with van der Waals surface area (Å²) in [6.45, 7) is 4.71. The fourth-order valence-electron chi connectivity index (χ4n) is 3.85. The molecular formula is C20H26N4O2. The second kappa shape index (κ2) is 7.09. The van der Waals surface area contributed by atoms with Gasteiger partial charge in [-0.2, -0.15) is 0 Å². The number of piperidine rings is 1. The molecule has 1 saturated carbocycles. The van der Waals surface area contributed by atoms with E-state index in [4.69, 9.17) is 4.74 Å². The van der Waals surface area contributed by atoms with Crippen LogP contribution in [0.25, 0.3) is 0 Å². The van der Waals surface area contributed by atoms with Gasteiger partial charge in [0, 0.05) is 49.7 Å². The summed E-state index contributed by atoms with van der Waals surface area (Å²) < 4.78 is 7.45. The van der Waals surface area contributed by atoms with Crippen LogP contribution in [0.4, 0.5) is 0 Å². The lowest BCUT2D eigenvalue weighted by molar-refractivity contribution is 0.0661. The molecule has 1 atom stereocenters. The third-order valence-corrected chi connectivity index (χ3v) is 5.47. The summed E-state index contributed by atoms with van der Waals surface area (Å²) in [4.78, 5) is 23.6. The van der Waals surface area contributed by atoms with E-state index < -0.39 is 0 Å². The van der Waals surface area contributed by atoms with Crippen molar-refractivity contribution < 1.29 is 9.53 Å². The van der Waals surface area contributed by atoms with E-state index in [0.29, 0.717) is 23.3 Å². The number of methoxy groups -OCH3 is 1. The lowest BCUT2D eigenvalue weighted by Crippen LogP contribution is -2.41. The van der Waals surface area contributed by atoms with Gasteiger partial charge in [0.05, 0.1) is 12.7 Å². The number of aromatic nitrogens is 3. The molecule has 26 heavy (non-hydrogen) atoms. The van der Waals surface area contributed by atoms with E-state index in [1.54, 1.807) is 25.4 Å². The lowest BCUT2D eigenvalue weighted by Gasteiger charge is -2.33. The minimum absolute atomic E-state index is 0.0645. The number of carbonyl (C=O) groups is 1. The maximum Gasteiger partial charge on any atom is 0.255 e. The number of amides is 1. The van der Waals surface area contributed by atoms with Gasteiger partial charge in [0.1, 0.15) is 5.82 Å². The molecule has 138 valence electrons. The van der Waals surface area contributed by atoms with E-state index in [9.17, 15) is 4.79 Å². The first-order valence-corrected chi connectivity index (χ1v) is 9.47. The Morgan fingerprint density at radius 3 is 2.77 bits per heavy atom. The third kappa shape index (κ3) is 3.45. The van der Waals surface area contributed by atoms with Gasteiger partial charge in [-0.25, -0.2) is 9.97 Å². The summed E-state index contributed by atoms with van der Waals surface area (Å²) in [6.07, 6.45) is 8.32. The molecule has 2 fully saturated rings. The molecule has 0 spiro atoms. The standard InChI is InChI=1S/C20H26N4O2/c1-14-10-22-19(16-5-6-16)24(14)13-15-4-3-9-23(12-15)20(25)17-7-8-18(26-2)21-11-17/h7-8,10-11,15-16H,3-6,9,12-13H2,1-2H3. The van der Waals surface area contributed by atoms with Crippen LogP contribution >= 0.6 is 0 Å². The number of hydrogen-bond donors (Lipinski definition) is 0. The largest absolute Gasteiger partial charge is 0.481 e. The van der Waals surface area contributed by atoms with Crippen LogP contribution in [-0.4, -0.2) is 45.5 Å². The number of ether oxygens (including phenoxy) is 1. The summed E-state index contributed by atoms with van der Waals surface area (Å²) in [7, 11) is 1.58. The molecule has 0 N–H and O–H groups in total. The number of hydrogen-bond acceptors (Lipinski definition) is 4. The Morgan fingerprint density at radius 1 is 1.23 bits per heavy atom. The van der Waals surface area contributed by atoms with Gasteiger partial charge in [0.15, 0.2) is 0 Å². The van der Waals surface area contributed by atoms with Gasteiger partial charge in [-0.1, -0.05) is 0 Å². The first-order valence-electron chi connectivity index (χ1n) is 9.47. The van der Waals surface area contributed by atoms with Crippen LogP contribution in [0.3, 0.4) is 0 Å². The van der Waals surface area contributed by atoms with E-state index in [-0.39, 0.29) is 5.91 Å². The van der Waals surface area contributed by atoms with Crippen molar-refractivity contribution in [2.24, 2.45) is 5.92 Å². The van der Waals surface area contributed by atoms with Crippen molar-refractivity contribution in [3.63, 3.8) is 0 Å². The van der Waals surface area contributed by atoms with Crippen LogP contribution in [0.2, 0.25) is 0 Å². The van der Waals surface area contributed by atoms with Gasteiger partial charge >= 0.3 is 0 Å². The second-order valence-corrected chi connectivity index (χ2v) is 7.49. The summed E-state index contributed by atoms with van der Waals surface area (Å²) >= 11 is 0.